The predicted molar refractivity (Wildman–Crippen MR) is 110 cm³/mol. The number of piperidine rings is 1. The fourth-order valence-electron chi connectivity index (χ4n) is 6.05. The molecule has 6 fully saturated rings. The van der Waals surface area contributed by atoms with Gasteiger partial charge in [-0.05, 0) is 19.3 Å². The third-order valence-corrected chi connectivity index (χ3v) is 8.37. The fraction of sp³-hybridized carbons (Fsp3) is 0.952. The van der Waals surface area contributed by atoms with Gasteiger partial charge in [0, 0.05) is 69.6 Å². The lowest BCUT2D eigenvalue weighted by Gasteiger charge is -2.43. The van der Waals surface area contributed by atoms with Gasteiger partial charge in [-0.15, -0.1) is 0 Å². The topological polar surface area (TPSA) is 81.3 Å². The van der Waals surface area contributed by atoms with Gasteiger partial charge in [0.1, 0.15) is 0 Å². The van der Waals surface area contributed by atoms with Crippen molar-refractivity contribution in [3.05, 3.63) is 0 Å². The second kappa shape index (κ2) is 8.27. The maximum absolute atomic E-state index is 12.5. The first-order valence-corrected chi connectivity index (χ1v) is 12.0. The maximum Gasteiger partial charge on any atom is 0.225 e. The van der Waals surface area contributed by atoms with Gasteiger partial charge in [-0.25, -0.2) is 5.01 Å². The summed E-state index contributed by atoms with van der Waals surface area (Å²) in [7, 11) is 0. The third kappa shape index (κ3) is 3.58. The van der Waals surface area contributed by atoms with E-state index in [2.05, 4.69) is 31.0 Å². The molecule has 0 radical (unpaired) electrons. The number of carbonyl (C=O) groups excluding carboxylic acids is 1. The van der Waals surface area contributed by atoms with Gasteiger partial charge in [0.25, 0.3) is 0 Å². The Bertz CT molecular complexity index is 636. The number of rotatable bonds is 4. The van der Waals surface area contributed by atoms with Gasteiger partial charge in [0.2, 0.25) is 5.91 Å². The Hall–Kier alpha value is -0.810. The van der Waals surface area contributed by atoms with Crippen LogP contribution in [-0.2, 0) is 14.4 Å². The van der Waals surface area contributed by atoms with Gasteiger partial charge >= 0.3 is 0 Å². The highest BCUT2D eigenvalue weighted by Crippen LogP contribution is 2.32. The fourth-order valence-corrected chi connectivity index (χ4v) is 6.05. The molecule has 1 aliphatic carbocycles. The molecule has 3 N–H and O–H groups in total. The van der Waals surface area contributed by atoms with E-state index in [4.69, 9.17) is 9.57 Å². The second-order valence-electron chi connectivity index (χ2n) is 10.1. The zero-order valence-electron chi connectivity index (χ0n) is 17.8. The molecule has 0 spiro atoms. The molecular weight excluding hydrogens is 384 g/mol. The summed E-state index contributed by atoms with van der Waals surface area (Å²) in [6.07, 6.45) is 5.99. The molecule has 168 valence electrons. The molecule has 0 aromatic carbocycles. The number of ether oxygens (including phenoxy) is 1. The molecule has 9 nitrogen and oxygen atoms in total. The maximum atomic E-state index is 12.5. The molecule has 0 aromatic heterocycles. The lowest BCUT2D eigenvalue weighted by atomic mass is 9.84. The minimum absolute atomic E-state index is 0.200. The van der Waals surface area contributed by atoms with E-state index in [-0.39, 0.29) is 12.3 Å². The van der Waals surface area contributed by atoms with Gasteiger partial charge < -0.3 is 15.0 Å². The van der Waals surface area contributed by atoms with Crippen molar-refractivity contribution < 1.29 is 14.4 Å². The van der Waals surface area contributed by atoms with E-state index in [9.17, 15) is 4.79 Å². The Kier molecular flexibility index (Phi) is 5.47. The molecule has 0 bridgehead atoms. The van der Waals surface area contributed by atoms with E-state index >= 15 is 0 Å². The first-order valence-electron chi connectivity index (χ1n) is 12.0. The molecule has 1 saturated carbocycles. The lowest BCUT2D eigenvalue weighted by molar-refractivity contribution is -0.140. The molecule has 1 amide bonds. The van der Waals surface area contributed by atoms with E-state index in [1.54, 1.807) is 0 Å². The van der Waals surface area contributed by atoms with Crippen LogP contribution in [0.3, 0.4) is 0 Å². The summed E-state index contributed by atoms with van der Waals surface area (Å²) in [5.41, 5.74) is 6.93. The van der Waals surface area contributed by atoms with Crippen LogP contribution in [0.4, 0.5) is 0 Å². The Morgan fingerprint density at radius 1 is 1.00 bits per heavy atom. The predicted octanol–water partition coefficient (Wildman–Crippen LogP) is -0.884. The number of piperazine rings is 1. The van der Waals surface area contributed by atoms with Crippen LogP contribution >= 0.6 is 0 Å². The van der Waals surface area contributed by atoms with Crippen LogP contribution in [0.25, 0.3) is 0 Å². The smallest absolute Gasteiger partial charge is 0.225 e. The van der Waals surface area contributed by atoms with E-state index in [0.717, 1.165) is 78.2 Å². The van der Waals surface area contributed by atoms with E-state index in [1.807, 2.05) is 0 Å². The van der Waals surface area contributed by atoms with Gasteiger partial charge in [-0.3, -0.25) is 20.0 Å². The number of hydrogen-bond acceptors (Lipinski definition) is 8. The highest BCUT2D eigenvalue weighted by molar-refractivity contribution is 5.79. The molecule has 5 aliphatic heterocycles. The number of nitrogens with zero attached hydrogens (tertiary/aromatic N) is 3. The molecular formula is C21H36N6O3. The first kappa shape index (κ1) is 19.8. The molecule has 9 heteroatoms. The standard InChI is InChI=1S/C21H36N6O3/c28-21(14-2-1-3-14)26-6-4-25(5-7-26)20-9-19(30-24-20)17-8-18-15(10-22-17)11-23-27(18)16-12-29-13-16/h14-20,22-24H,1-13H2. The number of hydrogen-bond donors (Lipinski definition) is 3. The first-order chi connectivity index (χ1) is 14.8. The SMILES string of the molecule is O=C(C1CCC1)N1CCN(C2CC(C3CC4C(CN3)CNN4C3COC3)ON2)CC1. The molecule has 0 aromatic rings. The van der Waals surface area contributed by atoms with Crippen LogP contribution in [0.5, 0.6) is 0 Å². The average molecular weight is 421 g/mol. The molecule has 30 heavy (non-hydrogen) atoms. The van der Waals surface area contributed by atoms with Crippen molar-refractivity contribution in [1.82, 2.24) is 31.0 Å². The quantitative estimate of drug-likeness (QED) is 0.541. The van der Waals surface area contributed by atoms with Crippen molar-refractivity contribution in [1.29, 1.82) is 0 Å². The van der Waals surface area contributed by atoms with E-state index in [1.165, 1.54) is 6.42 Å². The van der Waals surface area contributed by atoms with Crippen LogP contribution in [0, 0.1) is 11.8 Å². The number of fused-ring (bicyclic) bond motifs is 1. The monoisotopic (exact) mass is 420 g/mol. The van der Waals surface area contributed by atoms with Crippen LogP contribution in [0.15, 0.2) is 0 Å². The van der Waals surface area contributed by atoms with Gasteiger partial charge in [0.05, 0.1) is 31.5 Å². The van der Waals surface area contributed by atoms with Gasteiger partial charge in [-0.1, -0.05) is 6.42 Å². The van der Waals surface area contributed by atoms with Crippen LogP contribution in [0.1, 0.15) is 32.1 Å². The normalized spacial score (nSPS) is 41.5. The summed E-state index contributed by atoms with van der Waals surface area (Å²) in [4.78, 5) is 23.1. The average Bonchev–Trinajstić information content (AvgIpc) is 3.33. The molecule has 6 rings (SSSR count). The summed E-state index contributed by atoms with van der Waals surface area (Å²) >= 11 is 0. The van der Waals surface area contributed by atoms with Crippen molar-refractivity contribution >= 4 is 5.91 Å². The molecule has 5 heterocycles. The molecule has 5 unspecified atom stereocenters. The van der Waals surface area contributed by atoms with Crippen LogP contribution in [0.2, 0.25) is 0 Å². The van der Waals surface area contributed by atoms with Crippen molar-refractivity contribution in [3.8, 4) is 0 Å². The number of carbonyl (C=O) groups is 1. The minimum atomic E-state index is 0.200. The highest BCUT2D eigenvalue weighted by atomic mass is 16.7. The molecule has 6 aliphatic rings. The zero-order valence-corrected chi connectivity index (χ0v) is 17.8. The second-order valence-corrected chi connectivity index (χ2v) is 10.1. The molecule has 5 saturated heterocycles. The Morgan fingerprint density at radius 3 is 2.53 bits per heavy atom. The van der Waals surface area contributed by atoms with Gasteiger partial charge in [0.15, 0.2) is 0 Å². The number of nitrogens with one attached hydrogen (secondary N) is 3. The summed E-state index contributed by atoms with van der Waals surface area (Å²) in [6.45, 7) is 7.42. The number of hydroxylamine groups is 1. The van der Waals surface area contributed by atoms with E-state index < -0.39 is 0 Å². The number of amides is 1. The lowest BCUT2D eigenvalue weighted by Crippen LogP contribution is -2.60. The van der Waals surface area contributed by atoms with Gasteiger partial charge in [-0.2, -0.15) is 5.48 Å². The number of hydrazine groups is 1. The zero-order chi connectivity index (χ0) is 20.1. The largest absolute Gasteiger partial charge is 0.378 e. The Morgan fingerprint density at radius 2 is 1.83 bits per heavy atom. The van der Waals surface area contributed by atoms with Crippen molar-refractivity contribution in [3.63, 3.8) is 0 Å². The van der Waals surface area contributed by atoms with Crippen molar-refractivity contribution in [2.24, 2.45) is 11.8 Å². The third-order valence-electron chi connectivity index (χ3n) is 8.37. The summed E-state index contributed by atoms with van der Waals surface area (Å²) in [6, 6.07) is 1.50. The van der Waals surface area contributed by atoms with Crippen molar-refractivity contribution in [2.75, 3.05) is 52.5 Å². The molecule has 5 atom stereocenters. The minimum Gasteiger partial charge on any atom is -0.378 e. The Balaban J connectivity index is 0.999. The van der Waals surface area contributed by atoms with Crippen LogP contribution in [-0.4, -0.2) is 104 Å². The highest BCUT2D eigenvalue weighted by Gasteiger charge is 2.47. The summed E-state index contributed by atoms with van der Waals surface area (Å²) < 4.78 is 5.42. The summed E-state index contributed by atoms with van der Waals surface area (Å²) in [5.74, 6) is 1.38. The van der Waals surface area contributed by atoms with E-state index in [0.29, 0.717) is 35.9 Å². The Labute approximate surface area is 178 Å². The van der Waals surface area contributed by atoms with Crippen LogP contribution < -0.4 is 16.2 Å². The summed E-state index contributed by atoms with van der Waals surface area (Å²) in [5, 5.41) is 6.24. The van der Waals surface area contributed by atoms with Crippen molar-refractivity contribution in [2.45, 2.75) is 62.5 Å².